The highest BCUT2D eigenvalue weighted by Crippen LogP contribution is 2.25. The van der Waals surface area contributed by atoms with Crippen molar-refractivity contribution in [2.75, 3.05) is 13.2 Å². The van der Waals surface area contributed by atoms with Crippen molar-refractivity contribution in [3.05, 3.63) is 29.3 Å². The van der Waals surface area contributed by atoms with Crippen LogP contribution in [-0.2, 0) is 9.53 Å². The fourth-order valence-corrected chi connectivity index (χ4v) is 2.11. The summed E-state index contributed by atoms with van der Waals surface area (Å²) < 4.78 is 10.7. The number of hydrogen-bond donors (Lipinski definition) is 1. The highest BCUT2D eigenvalue weighted by Gasteiger charge is 2.08. The molecule has 0 aromatic heterocycles. The lowest BCUT2D eigenvalue weighted by Gasteiger charge is -2.14. The molecule has 0 saturated heterocycles. The maximum absolute atomic E-state index is 11.2. The Morgan fingerprint density at radius 3 is 2.71 bits per heavy atom. The first-order valence-corrected chi connectivity index (χ1v) is 7.69. The SMILES string of the molecule is CCOC(=O)CCCCCOc1cc(C)ccc1C(C)N. The van der Waals surface area contributed by atoms with Gasteiger partial charge in [0.25, 0.3) is 0 Å². The molecule has 21 heavy (non-hydrogen) atoms. The van der Waals surface area contributed by atoms with Crippen molar-refractivity contribution >= 4 is 5.97 Å². The summed E-state index contributed by atoms with van der Waals surface area (Å²) in [6.45, 7) is 6.92. The average Bonchev–Trinajstić information content (AvgIpc) is 2.42. The molecule has 0 aliphatic heterocycles. The van der Waals surface area contributed by atoms with E-state index in [1.807, 2.05) is 39.0 Å². The number of nitrogens with two attached hydrogens (primary N) is 1. The lowest BCUT2D eigenvalue weighted by molar-refractivity contribution is -0.143. The van der Waals surface area contributed by atoms with E-state index in [0.29, 0.717) is 19.6 Å². The summed E-state index contributed by atoms with van der Waals surface area (Å²) in [5.74, 6) is 0.756. The zero-order chi connectivity index (χ0) is 15.7. The van der Waals surface area contributed by atoms with Gasteiger partial charge in [0, 0.05) is 18.0 Å². The fraction of sp³-hybridized carbons (Fsp3) is 0.588. The second kappa shape index (κ2) is 9.40. The lowest BCUT2D eigenvalue weighted by atomic mass is 10.1. The van der Waals surface area contributed by atoms with Crippen molar-refractivity contribution < 1.29 is 14.3 Å². The van der Waals surface area contributed by atoms with Gasteiger partial charge in [0.05, 0.1) is 13.2 Å². The molecule has 1 aromatic carbocycles. The molecule has 0 bridgehead atoms. The van der Waals surface area contributed by atoms with Gasteiger partial charge in [-0.2, -0.15) is 0 Å². The summed E-state index contributed by atoms with van der Waals surface area (Å²) in [5, 5.41) is 0. The Hall–Kier alpha value is -1.55. The lowest BCUT2D eigenvalue weighted by Crippen LogP contribution is -2.09. The molecule has 0 aliphatic rings. The van der Waals surface area contributed by atoms with Crippen LogP contribution in [0.25, 0.3) is 0 Å². The van der Waals surface area contributed by atoms with Gasteiger partial charge in [-0.3, -0.25) is 4.79 Å². The Kier molecular flexibility index (Phi) is 7.83. The quantitative estimate of drug-likeness (QED) is 0.559. The minimum Gasteiger partial charge on any atom is -0.493 e. The predicted molar refractivity (Wildman–Crippen MR) is 84.4 cm³/mol. The van der Waals surface area contributed by atoms with Gasteiger partial charge in [-0.1, -0.05) is 12.1 Å². The van der Waals surface area contributed by atoms with Gasteiger partial charge in [0.15, 0.2) is 0 Å². The largest absolute Gasteiger partial charge is 0.493 e. The molecule has 1 atom stereocenters. The number of unbranched alkanes of at least 4 members (excludes halogenated alkanes) is 2. The van der Waals surface area contributed by atoms with E-state index in [1.54, 1.807) is 0 Å². The maximum atomic E-state index is 11.2. The zero-order valence-corrected chi connectivity index (χ0v) is 13.4. The number of benzene rings is 1. The number of aryl methyl sites for hydroxylation is 1. The van der Waals surface area contributed by atoms with Crippen LogP contribution in [0.15, 0.2) is 18.2 Å². The smallest absolute Gasteiger partial charge is 0.305 e. The molecule has 2 N–H and O–H groups in total. The first-order valence-electron chi connectivity index (χ1n) is 7.69. The Morgan fingerprint density at radius 1 is 1.29 bits per heavy atom. The van der Waals surface area contributed by atoms with E-state index < -0.39 is 0 Å². The van der Waals surface area contributed by atoms with Crippen molar-refractivity contribution in [2.45, 2.75) is 52.5 Å². The van der Waals surface area contributed by atoms with Crippen LogP contribution in [0.1, 0.15) is 56.7 Å². The summed E-state index contributed by atoms with van der Waals surface area (Å²) in [6.07, 6.45) is 3.21. The van der Waals surface area contributed by atoms with Gasteiger partial charge in [-0.15, -0.1) is 0 Å². The van der Waals surface area contributed by atoms with Crippen LogP contribution in [0.5, 0.6) is 5.75 Å². The predicted octanol–water partition coefficient (Wildman–Crippen LogP) is 3.52. The molecule has 4 nitrogen and oxygen atoms in total. The topological polar surface area (TPSA) is 61.5 Å². The number of rotatable bonds is 9. The van der Waals surface area contributed by atoms with Crippen LogP contribution < -0.4 is 10.5 Å². The van der Waals surface area contributed by atoms with Crippen LogP contribution in [0, 0.1) is 6.92 Å². The zero-order valence-electron chi connectivity index (χ0n) is 13.4. The molecular weight excluding hydrogens is 266 g/mol. The van der Waals surface area contributed by atoms with E-state index in [0.717, 1.165) is 36.1 Å². The van der Waals surface area contributed by atoms with E-state index in [-0.39, 0.29) is 12.0 Å². The van der Waals surface area contributed by atoms with Crippen molar-refractivity contribution in [3.8, 4) is 5.75 Å². The number of esters is 1. The minimum atomic E-state index is -0.114. The first-order chi connectivity index (χ1) is 10.0. The van der Waals surface area contributed by atoms with Crippen LogP contribution in [0.4, 0.5) is 0 Å². The standard InChI is InChI=1S/C17H27NO3/c1-4-20-17(19)8-6-5-7-11-21-16-12-13(2)9-10-15(16)14(3)18/h9-10,12,14H,4-8,11,18H2,1-3H3. The van der Waals surface area contributed by atoms with E-state index >= 15 is 0 Å². The van der Waals surface area contributed by atoms with E-state index in [4.69, 9.17) is 15.2 Å². The van der Waals surface area contributed by atoms with Crippen molar-refractivity contribution in [1.82, 2.24) is 0 Å². The first kappa shape index (κ1) is 17.5. The highest BCUT2D eigenvalue weighted by molar-refractivity contribution is 5.69. The Balaban J connectivity index is 2.29. The fourth-order valence-electron chi connectivity index (χ4n) is 2.11. The molecule has 118 valence electrons. The number of ether oxygens (including phenoxy) is 2. The molecular formula is C17H27NO3. The van der Waals surface area contributed by atoms with Gasteiger partial charge in [-0.25, -0.2) is 0 Å². The van der Waals surface area contributed by atoms with Gasteiger partial charge in [-0.05, 0) is 51.7 Å². The third-order valence-electron chi connectivity index (χ3n) is 3.25. The van der Waals surface area contributed by atoms with Gasteiger partial charge in [0.1, 0.15) is 5.75 Å². The summed E-state index contributed by atoms with van der Waals surface area (Å²) in [7, 11) is 0. The number of hydrogen-bond acceptors (Lipinski definition) is 4. The normalized spacial score (nSPS) is 12.0. The highest BCUT2D eigenvalue weighted by atomic mass is 16.5. The van der Waals surface area contributed by atoms with Crippen LogP contribution in [0.3, 0.4) is 0 Å². The molecule has 0 saturated carbocycles. The number of carbonyl (C=O) groups is 1. The second-order valence-corrected chi connectivity index (χ2v) is 5.29. The third-order valence-corrected chi connectivity index (χ3v) is 3.25. The summed E-state index contributed by atoms with van der Waals surface area (Å²) >= 11 is 0. The molecule has 0 heterocycles. The molecule has 1 unspecified atom stereocenters. The summed E-state index contributed by atoms with van der Waals surface area (Å²) in [6, 6.07) is 6.06. The third kappa shape index (κ3) is 6.63. The van der Waals surface area contributed by atoms with E-state index in [9.17, 15) is 4.79 Å². The molecule has 0 spiro atoms. The van der Waals surface area contributed by atoms with Gasteiger partial charge >= 0.3 is 5.97 Å². The Morgan fingerprint density at radius 2 is 2.05 bits per heavy atom. The van der Waals surface area contributed by atoms with Crippen LogP contribution >= 0.6 is 0 Å². The Bertz CT molecular complexity index is 444. The van der Waals surface area contributed by atoms with Crippen molar-refractivity contribution in [2.24, 2.45) is 5.73 Å². The molecule has 0 amide bonds. The van der Waals surface area contributed by atoms with E-state index in [1.165, 1.54) is 0 Å². The summed E-state index contributed by atoms with van der Waals surface area (Å²) in [5.41, 5.74) is 8.14. The van der Waals surface area contributed by atoms with Gasteiger partial charge in [0.2, 0.25) is 0 Å². The average molecular weight is 293 g/mol. The molecule has 4 heteroatoms. The molecule has 0 aliphatic carbocycles. The molecule has 1 rings (SSSR count). The number of carbonyl (C=O) groups excluding carboxylic acids is 1. The molecule has 0 radical (unpaired) electrons. The second-order valence-electron chi connectivity index (χ2n) is 5.29. The molecule has 0 fully saturated rings. The minimum absolute atomic E-state index is 0.0376. The van der Waals surface area contributed by atoms with E-state index in [2.05, 4.69) is 0 Å². The monoisotopic (exact) mass is 293 g/mol. The Labute approximate surface area is 127 Å². The van der Waals surface area contributed by atoms with Crippen molar-refractivity contribution in [3.63, 3.8) is 0 Å². The van der Waals surface area contributed by atoms with Crippen LogP contribution in [-0.4, -0.2) is 19.2 Å². The van der Waals surface area contributed by atoms with Crippen LogP contribution in [0.2, 0.25) is 0 Å². The van der Waals surface area contributed by atoms with Crippen molar-refractivity contribution in [1.29, 1.82) is 0 Å². The van der Waals surface area contributed by atoms with Gasteiger partial charge < -0.3 is 15.2 Å². The summed E-state index contributed by atoms with van der Waals surface area (Å²) in [4.78, 5) is 11.2. The maximum Gasteiger partial charge on any atom is 0.305 e. The molecule has 1 aromatic rings.